The zero-order chi connectivity index (χ0) is 31.1. The van der Waals surface area contributed by atoms with Crippen LogP contribution in [0.2, 0.25) is 0 Å². The number of imidazole rings is 1. The van der Waals surface area contributed by atoms with Gasteiger partial charge in [-0.25, -0.2) is 4.98 Å². The number of primary amides is 1. The van der Waals surface area contributed by atoms with Gasteiger partial charge in [0.25, 0.3) is 5.91 Å². The third kappa shape index (κ3) is 5.95. The smallest absolute Gasteiger partial charge is 0.306 e. The molecule has 3 aromatic carbocycles. The summed E-state index contributed by atoms with van der Waals surface area (Å²) in [4.78, 5) is 44.8. The summed E-state index contributed by atoms with van der Waals surface area (Å²) in [5.74, 6) is -0.606. The predicted octanol–water partition coefficient (Wildman–Crippen LogP) is 5.97. The maximum atomic E-state index is 13.4. The Bertz CT molecular complexity index is 1700. The number of fused-ring (bicyclic) bond motifs is 1. The first kappa shape index (κ1) is 29.8. The molecule has 222 valence electrons. The minimum absolute atomic E-state index is 0.0210. The molecule has 0 aliphatic carbocycles. The number of nitrogens with two attached hydrogens (primary N) is 1. The summed E-state index contributed by atoms with van der Waals surface area (Å²) in [6.45, 7) is 9.77. The molecule has 0 radical (unpaired) electrons. The second kappa shape index (κ2) is 11.5. The van der Waals surface area contributed by atoms with Crippen LogP contribution < -0.4 is 5.73 Å². The summed E-state index contributed by atoms with van der Waals surface area (Å²) in [6, 6.07) is 21.1. The second-order valence-electron chi connectivity index (χ2n) is 12.2. The van der Waals surface area contributed by atoms with E-state index in [1.807, 2.05) is 37.4 Å². The number of esters is 1. The number of carbonyl (C=O) groups excluding carboxylic acids is 3. The lowest BCUT2D eigenvalue weighted by atomic mass is 9.96. The topological polar surface area (TPSA) is 108 Å². The van der Waals surface area contributed by atoms with Crippen molar-refractivity contribution in [3.05, 3.63) is 89.0 Å². The van der Waals surface area contributed by atoms with E-state index in [2.05, 4.69) is 48.7 Å². The van der Waals surface area contributed by atoms with E-state index >= 15 is 0 Å². The fourth-order valence-electron chi connectivity index (χ4n) is 5.86. The highest BCUT2D eigenvalue weighted by Gasteiger charge is 2.36. The van der Waals surface area contributed by atoms with Gasteiger partial charge in [-0.1, -0.05) is 54.6 Å². The molecule has 1 atom stereocenters. The SMILES string of the molecule is Cc1cccc(C)c1-c1c(-c2ccccc2)nc(-c2ccc3c(c2)CN(C(CCC(=O)OC(C)(C)C)C(N)=O)C3=O)n1C. The molecule has 8 nitrogen and oxygen atoms in total. The third-order valence-electron chi connectivity index (χ3n) is 7.80. The van der Waals surface area contributed by atoms with Crippen LogP contribution in [0.1, 0.15) is 60.7 Å². The number of aromatic nitrogens is 2. The van der Waals surface area contributed by atoms with Gasteiger partial charge >= 0.3 is 5.97 Å². The van der Waals surface area contributed by atoms with Gasteiger partial charge in [0.1, 0.15) is 17.5 Å². The molecule has 5 rings (SSSR count). The molecule has 0 fully saturated rings. The Morgan fingerprint density at radius 3 is 2.28 bits per heavy atom. The van der Waals surface area contributed by atoms with E-state index in [9.17, 15) is 14.4 Å². The van der Waals surface area contributed by atoms with Crippen LogP contribution in [0.5, 0.6) is 0 Å². The Morgan fingerprint density at radius 1 is 0.977 bits per heavy atom. The summed E-state index contributed by atoms with van der Waals surface area (Å²) < 4.78 is 7.49. The van der Waals surface area contributed by atoms with Gasteiger partial charge in [0.2, 0.25) is 5.91 Å². The highest BCUT2D eigenvalue weighted by Crippen LogP contribution is 2.39. The Morgan fingerprint density at radius 2 is 1.65 bits per heavy atom. The minimum atomic E-state index is -0.927. The van der Waals surface area contributed by atoms with Gasteiger partial charge in [-0.2, -0.15) is 0 Å². The summed E-state index contributed by atoms with van der Waals surface area (Å²) in [5, 5.41) is 0. The molecule has 0 saturated heterocycles. The van der Waals surface area contributed by atoms with E-state index in [4.69, 9.17) is 15.5 Å². The highest BCUT2D eigenvalue weighted by atomic mass is 16.6. The molecule has 1 unspecified atom stereocenters. The molecule has 1 aromatic heterocycles. The van der Waals surface area contributed by atoms with Crippen molar-refractivity contribution >= 4 is 17.8 Å². The van der Waals surface area contributed by atoms with Gasteiger partial charge in [0, 0.05) is 42.3 Å². The lowest BCUT2D eigenvalue weighted by molar-refractivity contribution is -0.155. The molecule has 8 heteroatoms. The van der Waals surface area contributed by atoms with Crippen LogP contribution in [0.15, 0.2) is 66.7 Å². The van der Waals surface area contributed by atoms with Crippen LogP contribution in [0, 0.1) is 13.8 Å². The van der Waals surface area contributed by atoms with E-state index in [-0.39, 0.29) is 25.3 Å². The zero-order valence-electron chi connectivity index (χ0n) is 25.6. The van der Waals surface area contributed by atoms with Crippen LogP contribution in [-0.2, 0) is 27.9 Å². The summed E-state index contributed by atoms with van der Waals surface area (Å²) >= 11 is 0. The first-order valence-corrected chi connectivity index (χ1v) is 14.5. The molecule has 2 heterocycles. The molecule has 1 aliphatic heterocycles. The fourth-order valence-corrected chi connectivity index (χ4v) is 5.86. The molecule has 4 aromatic rings. The zero-order valence-corrected chi connectivity index (χ0v) is 25.6. The van der Waals surface area contributed by atoms with E-state index in [0.717, 1.165) is 50.6 Å². The predicted molar refractivity (Wildman–Crippen MR) is 167 cm³/mol. The molecular weight excluding hydrogens is 540 g/mol. The maximum absolute atomic E-state index is 13.4. The lowest BCUT2D eigenvalue weighted by Gasteiger charge is -2.25. The number of ether oxygens (including phenoxy) is 1. The van der Waals surface area contributed by atoms with Crippen molar-refractivity contribution < 1.29 is 19.1 Å². The van der Waals surface area contributed by atoms with Crippen LogP contribution in [0.25, 0.3) is 33.9 Å². The van der Waals surface area contributed by atoms with Gasteiger partial charge in [0.05, 0.1) is 11.4 Å². The summed E-state index contributed by atoms with van der Waals surface area (Å²) in [6.07, 6.45) is 0.0721. The number of hydrogen-bond donors (Lipinski definition) is 1. The number of benzene rings is 3. The normalized spacial score (nSPS) is 13.6. The average molecular weight is 579 g/mol. The number of rotatable bonds is 8. The van der Waals surface area contributed by atoms with Crippen molar-refractivity contribution in [1.29, 1.82) is 0 Å². The van der Waals surface area contributed by atoms with Crippen molar-refractivity contribution in [1.82, 2.24) is 14.5 Å². The molecular formula is C35H38N4O4. The van der Waals surface area contributed by atoms with Gasteiger partial charge in [-0.05, 0) is 69.9 Å². The number of amides is 2. The van der Waals surface area contributed by atoms with Crippen molar-refractivity contribution in [2.75, 3.05) is 0 Å². The van der Waals surface area contributed by atoms with Crippen LogP contribution >= 0.6 is 0 Å². The van der Waals surface area contributed by atoms with E-state index in [1.54, 1.807) is 26.8 Å². The monoisotopic (exact) mass is 578 g/mol. The number of carbonyl (C=O) groups is 3. The van der Waals surface area contributed by atoms with E-state index in [1.165, 1.54) is 4.90 Å². The molecule has 0 bridgehead atoms. The molecule has 0 spiro atoms. The maximum Gasteiger partial charge on any atom is 0.306 e. The number of aryl methyl sites for hydroxylation is 2. The molecule has 1 aliphatic rings. The number of hydrogen-bond acceptors (Lipinski definition) is 5. The summed E-state index contributed by atoms with van der Waals surface area (Å²) in [7, 11) is 2.01. The van der Waals surface area contributed by atoms with Crippen LogP contribution in [0.3, 0.4) is 0 Å². The first-order chi connectivity index (χ1) is 20.4. The first-order valence-electron chi connectivity index (χ1n) is 14.5. The van der Waals surface area contributed by atoms with E-state index in [0.29, 0.717) is 5.56 Å². The fraction of sp³-hybridized carbons (Fsp3) is 0.314. The number of nitrogens with zero attached hydrogens (tertiary/aromatic N) is 3. The average Bonchev–Trinajstić information content (AvgIpc) is 3.44. The molecule has 0 saturated carbocycles. The lowest BCUT2D eigenvalue weighted by Crippen LogP contribution is -2.45. The van der Waals surface area contributed by atoms with Crippen molar-refractivity contribution in [2.45, 2.75) is 65.6 Å². The van der Waals surface area contributed by atoms with Crippen molar-refractivity contribution in [3.8, 4) is 33.9 Å². The Hall–Kier alpha value is -4.72. The van der Waals surface area contributed by atoms with Gasteiger partial charge in [-0.15, -0.1) is 0 Å². The van der Waals surface area contributed by atoms with Crippen LogP contribution in [-0.4, -0.2) is 43.9 Å². The highest BCUT2D eigenvalue weighted by molar-refractivity contribution is 6.01. The largest absolute Gasteiger partial charge is 0.460 e. The Kier molecular flexibility index (Phi) is 7.97. The van der Waals surface area contributed by atoms with E-state index < -0.39 is 23.5 Å². The molecule has 43 heavy (non-hydrogen) atoms. The molecule has 2 N–H and O–H groups in total. The molecule has 2 amide bonds. The Labute approximate surface area is 252 Å². The van der Waals surface area contributed by atoms with Crippen LogP contribution in [0.4, 0.5) is 0 Å². The summed E-state index contributed by atoms with van der Waals surface area (Å²) in [5.41, 5.74) is 13.6. The van der Waals surface area contributed by atoms with Crippen molar-refractivity contribution in [2.24, 2.45) is 12.8 Å². The van der Waals surface area contributed by atoms with Crippen molar-refractivity contribution in [3.63, 3.8) is 0 Å². The van der Waals surface area contributed by atoms with Gasteiger partial charge < -0.3 is 19.9 Å². The minimum Gasteiger partial charge on any atom is -0.460 e. The van der Waals surface area contributed by atoms with Gasteiger partial charge in [-0.3, -0.25) is 14.4 Å². The third-order valence-corrected chi connectivity index (χ3v) is 7.80. The Balaban J connectivity index is 1.50. The quantitative estimate of drug-likeness (QED) is 0.259. The second-order valence-corrected chi connectivity index (χ2v) is 12.2. The van der Waals surface area contributed by atoms with Gasteiger partial charge in [0.15, 0.2) is 0 Å². The standard InChI is InChI=1S/C35H38N4O4/c1-21-11-10-12-22(2)29(21)31-30(23-13-8-7-9-14-23)37-33(38(31)6)24-15-16-26-25(19-24)20-39(34(26)42)27(32(36)41)17-18-28(40)43-35(3,4)5/h7-16,19,27H,17-18,20H2,1-6H3,(H2,36,41).